The Kier molecular flexibility index (Phi) is 4.54. The average molecular weight is 447 g/mol. The predicted octanol–water partition coefficient (Wildman–Crippen LogP) is 3.90. The normalized spacial score (nSPS) is 10.3. The predicted molar refractivity (Wildman–Crippen MR) is 92.1 cm³/mol. The van der Waals surface area contributed by atoms with E-state index in [2.05, 4.69) is 21.2 Å². The second-order valence-corrected chi connectivity index (χ2v) is 6.39. The number of rotatable bonds is 2. The van der Waals surface area contributed by atoms with Crippen molar-refractivity contribution in [3.63, 3.8) is 0 Å². The molecule has 0 radical (unpaired) electrons. The molecule has 0 fully saturated rings. The van der Waals surface area contributed by atoms with Gasteiger partial charge in [0.05, 0.1) is 14.9 Å². The van der Waals surface area contributed by atoms with Crippen molar-refractivity contribution < 1.29 is 9.90 Å². The van der Waals surface area contributed by atoms with Crippen molar-refractivity contribution in [2.75, 3.05) is 11.1 Å². The number of phenols is 1. The van der Waals surface area contributed by atoms with Crippen molar-refractivity contribution in [2.45, 2.75) is 6.92 Å². The van der Waals surface area contributed by atoms with Gasteiger partial charge in [0.25, 0.3) is 5.91 Å². The van der Waals surface area contributed by atoms with Crippen LogP contribution >= 0.6 is 38.5 Å². The maximum Gasteiger partial charge on any atom is 0.255 e. The molecule has 6 heteroatoms. The Morgan fingerprint density at radius 2 is 2.05 bits per heavy atom. The summed E-state index contributed by atoms with van der Waals surface area (Å²) in [6.07, 6.45) is 0. The highest BCUT2D eigenvalue weighted by molar-refractivity contribution is 14.1. The zero-order chi connectivity index (χ0) is 14.9. The number of aromatic hydroxyl groups is 1. The number of aryl methyl sites for hydroxylation is 1. The van der Waals surface area contributed by atoms with Gasteiger partial charge in [0.1, 0.15) is 5.75 Å². The molecular formula is C14H12BrIN2O2. The summed E-state index contributed by atoms with van der Waals surface area (Å²) in [7, 11) is 0. The molecule has 20 heavy (non-hydrogen) atoms. The van der Waals surface area contributed by atoms with Gasteiger partial charge in [-0.1, -0.05) is 15.9 Å². The lowest BCUT2D eigenvalue weighted by Crippen LogP contribution is -2.14. The van der Waals surface area contributed by atoms with Crippen molar-refractivity contribution in [2.24, 2.45) is 0 Å². The lowest BCUT2D eigenvalue weighted by atomic mass is 10.1. The molecule has 0 aliphatic rings. The van der Waals surface area contributed by atoms with Crippen LogP contribution < -0.4 is 11.1 Å². The monoisotopic (exact) mass is 446 g/mol. The maximum absolute atomic E-state index is 12.2. The van der Waals surface area contributed by atoms with Crippen LogP contribution in [-0.2, 0) is 0 Å². The fourth-order valence-electron chi connectivity index (χ4n) is 1.78. The minimum absolute atomic E-state index is 0.0822. The van der Waals surface area contributed by atoms with Crippen molar-refractivity contribution in [3.05, 3.63) is 49.5 Å². The summed E-state index contributed by atoms with van der Waals surface area (Å²) in [6.45, 7) is 1.86. The first-order valence-corrected chi connectivity index (χ1v) is 7.61. The number of nitrogens with one attached hydrogen (secondary N) is 1. The van der Waals surface area contributed by atoms with Crippen LogP contribution in [0.5, 0.6) is 5.75 Å². The van der Waals surface area contributed by atoms with E-state index in [1.165, 1.54) is 6.07 Å². The Morgan fingerprint density at radius 3 is 2.65 bits per heavy atom. The van der Waals surface area contributed by atoms with Crippen LogP contribution in [0.3, 0.4) is 0 Å². The van der Waals surface area contributed by atoms with Gasteiger partial charge in [-0.3, -0.25) is 4.79 Å². The highest BCUT2D eigenvalue weighted by atomic mass is 127. The van der Waals surface area contributed by atoms with Crippen LogP contribution in [-0.4, -0.2) is 11.0 Å². The molecular weight excluding hydrogens is 435 g/mol. The molecule has 1 amide bonds. The zero-order valence-corrected chi connectivity index (χ0v) is 14.3. The largest absolute Gasteiger partial charge is 0.507 e. The highest BCUT2D eigenvalue weighted by Gasteiger charge is 2.12. The number of benzene rings is 2. The third kappa shape index (κ3) is 3.24. The van der Waals surface area contributed by atoms with Crippen LogP contribution in [0.2, 0.25) is 0 Å². The van der Waals surface area contributed by atoms with Crippen molar-refractivity contribution >= 4 is 55.8 Å². The Morgan fingerprint density at radius 1 is 1.35 bits per heavy atom. The fraction of sp³-hybridized carbons (Fsp3) is 0.0714. The van der Waals surface area contributed by atoms with Crippen LogP contribution in [0.4, 0.5) is 11.4 Å². The van der Waals surface area contributed by atoms with Crippen LogP contribution in [0, 0.1) is 10.5 Å². The number of nitrogen functional groups attached to an aromatic ring is 1. The van der Waals surface area contributed by atoms with E-state index >= 15 is 0 Å². The first kappa shape index (κ1) is 15.1. The quantitative estimate of drug-likeness (QED) is 0.483. The van der Waals surface area contributed by atoms with Crippen LogP contribution in [0.1, 0.15) is 15.9 Å². The second kappa shape index (κ2) is 6.01. The van der Waals surface area contributed by atoms with E-state index in [0.29, 0.717) is 20.5 Å². The van der Waals surface area contributed by atoms with E-state index in [1.54, 1.807) is 18.2 Å². The van der Waals surface area contributed by atoms with E-state index in [0.717, 1.165) is 10.0 Å². The lowest BCUT2D eigenvalue weighted by molar-refractivity contribution is 0.102. The standard InChI is InChI=1S/C14H12BrIN2O2/c1-7-4-9(15)6-11(17)13(7)18-14(20)8-2-3-10(16)12(19)5-8/h2-6,19H,17H2,1H3,(H,18,20). The van der Waals surface area contributed by atoms with Gasteiger partial charge in [-0.15, -0.1) is 0 Å². The molecule has 0 saturated heterocycles. The number of carbonyl (C=O) groups excluding carboxylic acids is 1. The lowest BCUT2D eigenvalue weighted by Gasteiger charge is -2.12. The number of hydrogen-bond acceptors (Lipinski definition) is 3. The van der Waals surface area contributed by atoms with Gasteiger partial charge < -0.3 is 16.2 Å². The molecule has 0 bridgehead atoms. The molecule has 0 aliphatic carbocycles. The maximum atomic E-state index is 12.2. The molecule has 0 spiro atoms. The minimum atomic E-state index is -0.311. The summed E-state index contributed by atoms with van der Waals surface area (Å²) in [6, 6.07) is 8.37. The molecule has 0 aliphatic heterocycles. The summed E-state index contributed by atoms with van der Waals surface area (Å²) in [4.78, 5) is 12.2. The van der Waals surface area contributed by atoms with E-state index in [4.69, 9.17) is 5.73 Å². The van der Waals surface area contributed by atoms with Crippen molar-refractivity contribution in [3.8, 4) is 5.75 Å². The molecule has 0 unspecified atom stereocenters. The third-order valence-corrected chi connectivity index (χ3v) is 4.15. The SMILES string of the molecule is Cc1cc(Br)cc(N)c1NC(=O)c1ccc(I)c(O)c1. The Labute approximate surface area is 138 Å². The summed E-state index contributed by atoms with van der Waals surface area (Å²) in [5, 5.41) is 12.4. The van der Waals surface area contributed by atoms with Gasteiger partial charge in [0, 0.05) is 10.0 Å². The average Bonchev–Trinajstić information content (AvgIpc) is 2.36. The molecule has 2 aromatic rings. The van der Waals surface area contributed by atoms with Crippen LogP contribution in [0.15, 0.2) is 34.8 Å². The van der Waals surface area contributed by atoms with E-state index in [9.17, 15) is 9.90 Å². The van der Waals surface area contributed by atoms with Gasteiger partial charge in [-0.2, -0.15) is 0 Å². The van der Waals surface area contributed by atoms with Gasteiger partial charge in [0.2, 0.25) is 0 Å². The molecule has 0 aromatic heterocycles. The smallest absolute Gasteiger partial charge is 0.255 e. The van der Waals surface area contributed by atoms with Gasteiger partial charge in [-0.05, 0) is 65.4 Å². The summed E-state index contributed by atoms with van der Waals surface area (Å²) in [5.74, 6) is -0.229. The first-order chi connectivity index (χ1) is 9.38. The summed E-state index contributed by atoms with van der Waals surface area (Å²) >= 11 is 5.34. The molecule has 0 atom stereocenters. The third-order valence-electron chi connectivity index (χ3n) is 2.78. The molecule has 0 heterocycles. The molecule has 2 rings (SSSR count). The topological polar surface area (TPSA) is 75.3 Å². The van der Waals surface area contributed by atoms with Crippen molar-refractivity contribution in [1.29, 1.82) is 0 Å². The molecule has 4 nitrogen and oxygen atoms in total. The summed E-state index contributed by atoms with van der Waals surface area (Å²) in [5.41, 5.74) is 8.21. The number of carbonyl (C=O) groups is 1. The molecule has 104 valence electrons. The number of nitrogens with two attached hydrogens (primary N) is 1. The van der Waals surface area contributed by atoms with Crippen molar-refractivity contribution in [1.82, 2.24) is 0 Å². The number of hydrogen-bond donors (Lipinski definition) is 3. The van der Waals surface area contributed by atoms with E-state index in [1.807, 2.05) is 35.6 Å². The van der Waals surface area contributed by atoms with Gasteiger partial charge in [0.15, 0.2) is 0 Å². The summed E-state index contributed by atoms with van der Waals surface area (Å²) < 4.78 is 1.55. The van der Waals surface area contributed by atoms with E-state index < -0.39 is 0 Å². The van der Waals surface area contributed by atoms with E-state index in [-0.39, 0.29) is 11.7 Å². The van der Waals surface area contributed by atoms with Gasteiger partial charge in [-0.25, -0.2) is 0 Å². The second-order valence-electron chi connectivity index (χ2n) is 4.31. The van der Waals surface area contributed by atoms with Crippen LogP contribution in [0.25, 0.3) is 0 Å². The Bertz CT molecular complexity index is 666. The Hall–Kier alpha value is -1.28. The molecule has 0 saturated carbocycles. The molecule has 4 N–H and O–H groups in total. The number of amides is 1. The number of phenolic OH excluding ortho intramolecular Hbond substituents is 1. The highest BCUT2D eigenvalue weighted by Crippen LogP contribution is 2.28. The number of anilines is 2. The fourth-order valence-corrected chi connectivity index (χ4v) is 2.70. The van der Waals surface area contributed by atoms with Gasteiger partial charge >= 0.3 is 0 Å². The minimum Gasteiger partial charge on any atom is -0.507 e. The Balaban J connectivity index is 2.30. The molecule has 2 aromatic carbocycles. The first-order valence-electron chi connectivity index (χ1n) is 5.74. The number of halogens is 2. The zero-order valence-electron chi connectivity index (χ0n) is 10.6.